The number of hydrogen-bond acceptors (Lipinski definition) is 0. The average molecular weight is 277 g/mol. The highest BCUT2D eigenvalue weighted by molar-refractivity contribution is 6.22. The van der Waals surface area contributed by atoms with Crippen LogP contribution in [0.25, 0.3) is 0 Å². The molecular weight excluding hydrogens is 259 g/mol. The summed E-state index contributed by atoms with van der Waals surface area (Å²) in [5.74, 6) is -0.233. The van der Waals surface area contributed by atoms with E-state index in [-0.39, 0.29) is 11.2 Å². The number of halogens is 2. The van der Waals surface area contributed by atoms with Crippen molar-refractivity contribution >= 4 is 11.6 Å². The number of aryl methyl sites for hydroxylation is 2. The molecule has 0 N–H and O–H groups in total. The third-order valence-corrected chi connectivity index (χ3v) is 3.67. The molecule has 0 nitrogen and oxygen atoms in total. The van der Waals surface area contributed by atoms with E-state index < -0.39 is 0 Å². The molecule has 0 saturated heterocycles. The van der Waals surface area contributed by atoms with Gasteiger partial charge in [-0.15, -0.1) is 11.6 Å². The Bertz CT molecular complexity index is 525. The lowest BCUT2D eigenvalue weighted by Gasteiger charge is -2.12. The standard InChI is InChI=1S/C17H18ClF/c1-3-4-13-5-7-14(8-6-13)17(18)15-9-12(2)10-16(19)11-15/h5-11,17H,3-4H2,1-2H3. The minimum absolute atomic E-state index is 0.233. The van der Waals surface area contributed by atoms with Crippen molar-refractivity contribution in [3.05, 3.63) is 70.5 Å². The first kappa shape index (κ1) is 14.1. The first-order valence-corrected chi connectivity index (χ1v) is 7.04. The SMILES string of the molecule is CCCc1ccc(C(Cl)c2cc(C)cc(F)c2)cc1. The van der Waals surface area contributed by atoms with Crippen LogP contribution in [0.4, 0.5) is 4.39 Å². The smallest absolute Gasteiger partial charge is 0.123 e. The molecule has 100 valence electrons. The van der Waals surface area contributed by atoms with Crippen molar-refractivity contribution in [2.45, 2.75) is 32.1 Å². The Morgan fingerprint density at radius 3 is 2.32 bits per heavy atom. The van der Waals surface area contributed by atoms with Gasteiger partial charge in [0.2, 0.25) is 0 Å². The zero-order chi connectivity index (χ0) is 13.8. The van der Waals surface area contributed by atoms with E-state index in [9.17, 15) is 4.39 Å². The molecule has 0 aliphatic carbocycles. The first-order chi connectivity index (χ1) is 9.10. The highest BCUT2D eigenvalue weighted by Gasteiger charge is 2.12. The van der Waals surface area contributed by atoms with E-state index in [1.54, 1.807) is 0 Å². The van der Waals surface area contributed by atoms with Crippen LogP contribution in [-0.2, 0) is 6.42 Å². The van der Waals surface area contributed by atoms with E-state index in [0.29, 0.717) is 0 Å². The van der Waals surface area contributed by atoms with Crippen LogP contribution in [0, 0.1) is 12.7 Å². The predicted octanol–water partition coefficient (Wildman–Crippen LogP) is 5.41. The molecule has 2 aromatic rings. The first-order valence-electron chi connectivity index (χ1n) is 6.60. The van der Waals surface area contributed by atoms with Gasteiger partial charge in [0.05, 0.1) is 5.38 Å². The van der Waals surface area contributed by atoms with Crippen molar-refractivity contribution in [2.24, 2.45) is 0 Å². The highest BCUT2D eigenvalue weighted by atomic mass is 35.5. The molecule has 1 atom stereocenters. The maximum atomic E-state index is 13.4. The van der Waals surface area contributed by atoms with Gasteiger partial charge >= 0.3 is 0 Å². The van der Waals surface area contributed by atoms with Crippen LogP contribution < -0.4 is 0 Å². The summed E-state index contributed by atoms with van der Waals surface area (Å²) in [6.07, 6.45) is 2.21. The molecule has 0 aliphatic rings. The van der Waals surface area contributed by atoms with E-state index in [2.05, 4.69) is 19.1 Å². The largest absolute Gasteiger partial charge is 0.207 e. The summed E-state index contributed by atoms with van der Waals surface area (Å²) in [4.78, 5) is 0. The quantitative estimate of drug-likeness (QED) is 0.655. The Labute approximate surface area is 119 Å². The van der Waals surface area contributed by atoms with Crippen LogP contribution in [0.2, 0.25) is 0 Å². The van der Waals surface area contributed by atoms with Gasteiger partial charge < -0.3 is 0 Å². The fourth-order valence-electron chi connectivity index (χ4n) is 2.25. The third kappa shape index (κ3) is 3.57. The Hall–Kier alpha value is -1.34. The summed E-state index contributed by atoms with van der Waals surface area (Å²) >= 11 is 6.44. The van der Waals surface area contributed by atoms with Gasteiger partial charge in [0.25, 0.3) is 0 Å². The maximum Gasteiger partial charge on any atom is 0.123 e. The Morgan fingerprint density at radius 2 is 1.74 bits per heavy atom. The predicted molar refractivity (Wildman–Crippen MR) is 79.3 cm³/mol. The van der Waals surface area contributed by atoms with Gasteiger partial charge in [-0.05, 0) is 47.7 Å². The minimum Gasteiger partial charge on any atom is -0.207 e. The molecule has 0 spiro atoms. The number of hydrogen-bond donors (Lipinski definition) is 0. The van der Waals surface area contributed by atoms with E-state index in [1.807, 2.05) is 25.1 Å². The second-order valence-electron chi connectivity index (χ2n) is 4.92. The van der Waals surface area contributed by atoms with E-state index in [4.69, 9.17) is 11.6 Å². The molecule has 0 fully saturated rings. The van der Waals surface area contributed by atoms with Crippen LogP contribution in [0.1, 0.15) is 41.0 Å². The van der Waals surface area contributed by atoms with Crippen molar-refractivity contribution in [2.75, 3.05) is 0 Å². The number of rotatable bonds is 4. The average Bonchev–Trinajstić information content (AvgIpc) is 2.38. The Kier molecular flexibility index (Phi) is 4.60. The van der Waals surface area contributed by atoms with E-state index in [1.165, 1.54) is 17.7 Å². The highest BCUT2D eigenvalue weighted by Crippen LogP contribution is 2.30. The van der Waals surface area contributed by atoms with Crippen molar-refractivity contribution < 1.29 is 4.39 Å². The molecule has 2 aromatic carbocycles. The molecule has 0 aromatic heterocycles. The summed E-state index contributed by atoms with van der Waals surface area (Å²) in [5, 5.41) is -0.301. The lowest BCUT2D eigenvalue weighted by Crippen LogP contribution is -1.96. The molecule has 0 amide bonds. The van der Waals surface area contributed by atoms with Crippen LogP contribution in [-0.4, -0.2) is 0 Å². The lowest BCUT2D eigenvalue weighted by atomic mass is 10.0. The second kappa shape index (κ2) is 6.21. The topological polar surface area (TPSA) is 0 Å². The molecule has 0 heterocycles. The summed E-state index contributed by atoms with van der Waals surface area (Å²) < 4.78 is 13.4. The molecule has 19 heavy (non-hydrogen) atoms. The lowest BCUT2D eigenvalue weighted by molar-refractivity contribution is 0.624. The van der Waals surface area contributed by atoms with Crippen molar-refractivity contribution in [1.82, 2.24) is 0 Å². The van der Waals surface area contributed by atoms with Crippen molar-refractivity contribution in [3.63, 3.8) is 0 Å². The zero-order valence-corrected chi connectivity index (χ0v) is 12.0. The molecule has 2 rings (SSSR count). The van der Waals surface area contributed by atoms with E-state index >= 15 is 0 Å². The summed E-state index contributed by atoms with van der Waals surface area (Å²) in [6, 6.07) is 13.2. The van der Waals surface area contributed by atoms with Crippen LogP contribution in [0.3, 0.4) is 0 Å². The summed E-state index contributed by atoms with van der Waals surface area (Å²) in [7, 11) is 0. The van der Waals surface area contributed by atoms with Gasteiger partial charge in [0.1, 0.15) is 5.82 Å². The fraction of sp³-hybridized carbons (Fsp3) is 0.294. The van der Waals surface area contributed by atoms with Crippen LogP contribution >= 0.6 is 11.6 Å². The molecule has 0 aliphatic heterocycles. The zero-order valence-electron chi connectivity index (χ0n) is 11.3. The molecule has 0 bridgehead atoms. The fourth-order valence-corrected chi connectivity index (χ4v) is 2.52. The number of alkyl halides is 1. The minimum atomic E-state index is -0.301. The Morgan fingerprint density at radius 1 is 1.05 bits per heavy atom. The summed E-state index contributed by atoms with van der Waals surface area (Å²) in [6.45, 7) is 4.04. The Balaban J connectivity index is 2.25. The van der Waals surface area contributed by atoms with Gasteiger partial charge in [0, 0.05) is 0 Å². The van der Waals surface area contributed by atoms with E-state index in [0.717, 1.165) is 29.5 Å². The monoisotopic (exact) mass is 276 g/mol. The van der Waals surface area contributed by atoms with Gasteiger partial charge in [-0.25, -0.2) is 4.39 Å². The third-order valence-electron chi connectivity index (χ3n) is 3.17. The van der Waals surface area contributed by atoms with Crippen LogP contribution in [0.5, 0.6) is 0 Å². The maximum absolute atomic E-state index is 13.4. The van der Waals surface area contributed by atoms with Gasteiger partial charge in [-0.3, -0.25) is 0 Å². The second-order valence-corrected chi connectivity index (χ2v) is 5.35. The van der Waals surface area contributed by atoms with Crippen molar-refractivity contribution in [1.29, 1.82) is 0 Å². The molecule has 0 radical (unpaired) electrons. The van der Waals surface area contributed by atoms with Gasteiger partial charge in [-0.2, -0.15) is 0 Å². The van der Waals surface area contributed by atoms with Gasteiger partial charge in [0.15, 0.2) is 0 Å². The molecular formula is C17H18ClF. The summed E-state index contributed by atoms with van der Waals surface area (Å²) in [5.41, 5.74) is 4.02. The van der Waals surface area contributed by atoms with Gasteiger partial charge in [-0.1, -0.05) is 43.7 Å². The number of benzene rings is 2. The van der Waals surface area contributed by atoms with Crippen molar-refractivity contribution in [3.8, 4) is 0 Å². The van der Waals surface area contributed by atoms with Crippen LogP contribution in [0.15, 0.2) is 42.5 Å². The normalized spacial score (nSPS) is 12.4. The molecule has 2 heteroatoms. The molecule has 0 saturated carbocycles. The molecule has 1 unspecified atom stereocenters.